The lowest BCUT2D eigenvalue weighted by molar-refractivity contribution is 0.0735. The zero-order valence-corrected chi connectivity index (χ0v) is 11.0. The van der Waals surface area contributed by atoms with Crippen LogP contribution in [0.25, 0.3) is 0 Å². The van der Waals surface area contributed by atoms with Crippen LogP contribution < -0.4 is 5.73 Å². The summed E-state index contributed by atoms with van der Waals surface area (Å²) < 4.78 is 5.43. The zero-order valence-electron chi connectivity index (χ0n) is 10.2. The second kappa shape index (κ2) is 6.39. The van der Waals surface area contributed by atoms with Gasteiger partial charge in [-0.2, -0.15) is 0 Å². The quantitative estimate of drug-likeness (QED) is 0.789. The highest BCUT2D eigenvalue weighted by Crippen LogP contribution is 2.11. The van der Waals surface area contributed by atoms with Crippen LogP contribution in [0.3, 0.4) is 0 Å². The molecule has 2 N–H and O–H groups in total. The van der Waals surface area contributed by atoms with Gasteiger partial charge in [-0.05, 0) is 19.1 Å². The van der Waals surface area contributed by atoms with Crippen molar-refractivity contribution in [2.75, 3.05) is 13.1 Å². The van der Waals surface area contributed by atoms with Crippen LogP contribution in [0.5, 0.6) is 0 Å². The van der Waals surface area contributed by atoms with Crippen molar-refractivity contribution in [3.05, 3.63) is 23.7 Å². The van der Waals surface area contributed by atoms with Gasteiger partial charge in [-0.1, -0.05) is 19.1 Å². The monoisotopic (exact) mass is 254 g/mol. The summed E-state index contributed by atoms with van der Waals surface area (Å²) >= 11 is 4.80. The average Bonchev–Trinajstić information content (AvgIpc) is 2.77. The number of carbonyl (C=O) groups is 1. The molecule has 0 aromatic carbocycles. The Morgan fingerprint density at radius 3 is 2.65 bits per heavy atom. The van der Waals surface area contributed by atoms with Crippen LogP contribution in [-0.4, -0.2) is 28.9 Å². The van der Waals surface area contributed by atoms with E-state index in [1.165, 1.54) is 0 Å². The van der Waals surface area contributed by atoms with E-state index in [0.717, 1.165) is 12.2 Å². The predicted molar refractivity (Wildman–Crippen MR) is 71.1 cm³/mol. The van der Waals surface area contributed by atoms with Crippen LogP contribution in [0.1, 0.15) is 36.6 Å². The van der Waals surface area contributed by atoms with E-state index in [4.69, 9.17) is 22.4 Å². The van der Waals surface area contributed by atoms with Crippen molar-refractivity contribution >= 4 is 23.1 Å². The molecule has 0 saturated heterocycles. The third kappa shape index (κ3) is 3.85. The second-order valence-electron chi connectivity index (χ2n) is 3.72. The summed E-state index contributed by atoms with van der Waals surface area (Å²) in [6, 6.07) is 3.54. The van der Waals surface area contributed by atoms with Crippen molar-refractivity contribution in [3.63, 3.8) is 0 Å². The fourth-order valence-electron chi connectivity index (χ4n) is 1.49. The summed E-state index contributed by atoms with van der Waals surface area (Å²) in [5.41, 5.74) is 5.43. The van der Waals surface area contributed by atoms with E-state index in [-0.39, 0.29) is 5.91 Å². The Morgan fingerprint density at radius 1 is 1.47 bits per heavy atom. The fraction of sp³-hybridized carbons (Fsp3) is 0.500. The summed E-state index contributed by atoms with van der Waals surface area (Å²) in [7, 11) is 0. The summed E-state index contributed by atoms with van der Waals surface area (Å²) in [5, 5.41) is 0. The van der Waals surface area contributed by atoms with Crippen molar-refractivity contribution in [2.24, 2.45) is 5.73 Å². The first-order chi connectivity index (χ1) is 8.08. The fourth-order valence-corrected chi connectivity index (χ4v) is 1.58. The molecule has 0 spiro atoms. The van der Waals surface area contributed by atoms with Gasteiger partial charge >= 0.3 is 0 Å². The number of furan rings is 1. The molecule has 0 atom stereocenters. The highest BCUT2D eigenvalue weighted by molar-refractivity contribution is 7.80. The third-order valence-electron chi connectivity index (χ3n) is 2.52. The Labute approximate surface area is 107 Å². The standard InChI is InChI=1S/C12H18N2O2S/c1-3-9-5-6-10(16-9)12(15)14(4-2)8-7-11(13)17/h5-6H,3-4,7-8H2,1-2H3,(H2,13,17). The Hall–Kier alpha value is -1.36. The number of thiocarbonyl (C=S) groups is 1. The number of rotatable bonds is 6. The van der Waals surface area contributed by atoms with Gasteiger partial charge in [-0.25, -0.2) is 0 Å². The van der Waals surface area contributed by atoms with Crippen molar-refractivity contribution in [2.45, 2.75) is 26.7 Å². The van der Waals surface area contributed by atoms with Crippen LogP contribution in [0.15, 0.2) is 16.5 Å². The van der Waals surface area contributed by atoms with E-state index in [1.807, 2.05) is 19.9 Å². The van der Waals surface area contributed by atoms with Gasteiger partial charge in [0.1, 0.15) is 5.76 Å². The molecule has 0 unspecified atom stereocenters. The molecule has 5 heteroatoms. The minimum absolute atomic E-state index is 0.108. The van der Waals surface area contributed by atoms with Crippen LogP contribution >= 0.6 is 12.2 Å². The number of nitrogens with zero attached hydrogens (tertiary/aromatic N) is 1. The van der Waals surface area contributed by atoms with Gasteiger partial charge in [0.15, 0.2) is 5.76 Å². The van der Waals surface area contributed by atoms with Gasteiger partial charge in [0.25, 0.3) is 5.91 Å². The lowest BCUT2D eigenvalue weighted by Gasteiger charge is -2.19. The molecule has 1 heterocycles. The molecular weight excluding hydrogens is 236 g/mol. The van der Waals surface area contributed by atoms with Crippen molar-refractivity contribution < 1.29 is 9.21 Å². The largest absolute Gasteiger partial charge is 0.456 e. The molecule has 0 saturated carbocycles. The van der Waals surface area contributed by atoms with Crippen LogP contribution in [0, 0.1) is 0 Å². The maximum atomic E-state index is 12.1. The SMILES string of the molecule is CCc1ccc(C(=O)N(CC)CCC(N)=S)o1. The van der Waals surface area contributed by atoms with E-state index in [2.05, 4.69) is 0 Å². The molecule has 0 aliphatic rings. The van der Waals surface area contributed by atoms with Crippen LogP contribution in [0.2, 0.25) is 0 Å². The van der Waals surface area contributed by atoms with E-state index >= 15 is 0 Å². The average molecular weight is 254 g/mol. The highest BCUT2D eigenvalue weighted by Gasteiger charge is 2.17. The lowest BCUT2D eigenvalue weighted by Crippen LogP contribution is -2.33. The first kappa shape index (κ1) is 13.7. The van der Waals surface area contributed by atoms with Gasteiger partial charge in [0.2, 0.25) is 0 Å². The lowest BCUT2D eigenvalue weighted by atomic mass is 10.3. The molecule has 0 radical (unpaired) electrons. The number of amides is 1. The molecule has 1 rings (SSSR count). The summed E-state index contributed by atoms with van der Waals surface area (Å²) in [6.45, 7) is 5.05. The van der Waals surface area contributed by atoms with E-state index in [9.17, 15) is 4.79 Å². The van der Waals surface area contributed by atoms with Gasteiger partial charge in [0, 0.05) is 25.9 Å². The minimum Gasteiger partial charge on any atom is -0.456 e. The normalized spacial score (nSPS) is 10.2. The smallest absolute Gasteiger partial charge is 0.289 e. The molecule has 0 bridgehead atoms. The summed E-state index contributed by atoms with van der Waals surface area (Å²) in [6.07, 6.45) is 1.32. The number of aryl methyl sites for hydroxylation is 1. The van der Waals surface area contributed by atoms with E-state index in [0.29, 0.717) is 30.3 Å². The summed E-state index contributed by atoms with van der Waals surface area (Å²) in [5.74, 6) is 1.09. The molecule has 17 heavy (non-hydrogen) atoms. The molecule has 0 fully saturated rings. The molecule has 1 aromatic heterocycles. The van der Waals surface area contributed by atoms with Crippen molar-refractivity contribution in [3.8, 4) is 0 Å². The van der Waals surface area contributed by atoms with Crippen molar-refractivity contribution in [1.82, 2.24) is 4.90 Å². The molecule has 1 amide bonds. The number of hydrogen-bond donors (Lipinski definition) is 1. The molecule has 0 aliphatic heterocycles. The van der Waals surface area contributed by atoms with Crippen molar-refractivity contribution in [1.29, 1.82) is 0 Å². The highest BCUT2D eigenvalue weighted by atomic mass is 32.1. The first-order valence-corrected chi connectivity index (χ1v) is 6.15. The topological polar surface area (TPSA) is 59.5 Å². The van der Waals surface area contributed by atoms with Gasteiger partial charge in [0.05, 0.1) is 4.99 Å². The van der Waals surface area contributed by atoms with Gasteiger partial charge in [-0.15, -0.1) is 0 Å². The van der Waals surface area contributed by atoms with Gasteiger partial charge < -0.3 is 15.1 Å². The number of hydrogen-bond acceptors (Lipinski definition) is 3. The molecule has 4 nitrogen and oxygen atoms in total. The first-order valence-electron chi connectivity index (χ1n) is 5.74. The van der Waals surface area contributed by atoms with Gasteiger partial charge in [-0.3, -0.25) is 4.79 Å². The Kier molecular flexibility index (Phi) is 5.15. The zero-order chi connectivity index (χ0) is 12.8. The number of carbonyl (C=O) groups excluding carboxylic acids is 1. The maximum absolute atomic E-state index is 12.1. The van der Waals surface area contributed by atoms with Crippen LogP contribution in [0.4, 0.5) is 0 Å². The molecule has 1 aromatic rings. The Balaban J connectivity index is 2.68. The summed E-state index contributed by atoms with van der Waals surface area (Å²) in [4.78, 5) is 14.2. The second-order valence-corrected chi connectivity index (χ2v) is 4.25. The molecule has 0 aliphatic carbocycles. The van der Waals surface area contributed by atoms with E-state index in [1.54, 1.807) is 11.0 Å². The molecule has 94 valence electrons. The Morgan fingerprint density at radius 2 is 2.18 bits per heavy atom. The van der Waals surface area contributed by atoms with Crippen LogP contribution in [-0.2, 0) is 6.42 Å². The van der Waals surface area contributed by atoms with E-state index < -0.39 is 0 Å². The Bertz CT molecular complexity index is 401. The third-order valence-corrected chi connectivity index (χ3v) is 2.72. The predicted octanol–water partition coefficient (Wildman–Crippen LogP) is 1.98. The molecular formula is C12H18N2O2S. The minimum atomic E-state index is -0.108. The maximum Gasteiger partial charge on any atom is 0.289 e. The number of nitrogens with two attached hydrogens (primary N) is 1.